The van der Waals surface area contributed by atoms with Crippen molar-refractivity contribution in [3.05, 3.63) is 35.5 Å². The van der Waals surface area contributed by atoms with Gasteiger partial charge in [0.1, 0.15) is 10.6 Å². The van der Waals surface area contributed by atoms with Crippen LogP contribution in [0.1, 0.15) is 25.6 Å². The van der Waals surface area contributed by atoms with Gasteiger partial charge in [0.05, 0.1) is 5.39 Å². The van der Waals surface area contributed by atoms with Crippen LogP contribution in [0.3, 0.4) is 0 Å². The van der Waals surface area contributed by atoms with Crippen LogP contribution in [-0.4, -0.2) is 28.0 Å². The van der Waals surface area contributed by atoms with Gasteiger partial charge in [-0.25, -0.2) is 9.97 Å². The zero-order valence-corrected chi connectivity index (χ0v) is 14.0. The van der Waals surface area contributed by atoms with Crippen molar-refractivity contribution in [1.82, 2.24) is 15.0 Å². The summed E-state index contributed by atoms with van der Waals surface area (Å²) in [4.78, 5) is 18.5. The monoisotopic (exact) mass is 312 g/mol. The second-order valence-electron chi connectivity index (χ2n) is 5.07. The predicted octanol–water partition coefficient (Wildman–Crippen LogP) is 4.16. The van der Waals surface area contributed by atoms with Crippen LogP contribution in [0.15, 0.2) is 30.6 Å². The maximum absolute atomic E-state index is 4.84. The molecule has 0 radical (unpaired) electrons. The fourth-order valence-electron chi connectivity index (χ4n) is 2.52. The van der Waals surface area contributed by atoms with Crippen LogP contribution in [-0.2, 0) is 6.42 Å². The fraction of sp³-hybridized carbons (Fsp3) is 0.353. The van der Waals surface area contributed by atoms with Crippen LogP contribution in [0.4, 0.5) is 5.82 Å². The predicted molar refractivity (Wildman–Crippen MR) is 93.6 cm³/mol. The van der Waals surface area contributed by atoms with E-state index in [1.54, 1.807) is 17.5 Å². The van der Waals surface area contributed by atoms with E-state index in [1.165, 1.54) is 4.88 Å². The van der Waals surface area contributed by atoms with E-state index in [0.717, 1.165) is 46.9 Å². The average molecular weight is 312 g/mol. The van der Waals surface area contributed by atoms with Crippen molar-refractivity contribution >= 4 is 27.4 Å². The van der Waals surface area contributed by atoms with Gasteiger partial charge >= 0.3 is 0 Å². The SMILES string of the molecule is CCc1cc2c(N(CC)CC)nc(-c3cccnc3)nc2s1. The van der Waals surface area contributed by atoms with Gasteiger partial charge in [-0.05, 0) is 38.5 Å². The summed E-state index contributed by atoms with van der Waals surface area (Å²) in [7, 11) is 0. The molecule has 3 heterocycles. The molecule has 22 heavy (non-hydrogen) atoms. The number of aromatic nitrogens is 3. The molecule has 0 amide bonds. The Morgan fingerprint density at radius 1 is 1.14 bits per heavy atom. The van der Waals surface area contributed by atoms with Gasteiger partial charge in [0.2, 0.25) is 0 Å². The fourth-order valence-corrected chi connectivity index (χ4v) is 3.48. The van der Waals surface area contributed by atoms with E-state index in [2.05, 4.69) is 36.7 Å². The van der Waals surface area contributed by atoms with E-state index < -0.39 is 0 Å². The normalized spacial score (nSPS) is 11.0. The smallest absolute Gasteiger partial charge is 0.164 e. The molecule has 0 aromatic carbocycles. The lowest BCUT2D eigenvalue weighted by molar-refractivity contribution is 0.850. The van der Waals surface area contributed by atoms with E-state index in [0.29, 0.717) is 0 Å². The van der Waals surface area contributed by atoms with Crippen molar-refractivity contribution < 1.29 is 0 Å². The minimum atomic E-state index is 0.756. The van der Waals surface area contributed by atoms with Crippen LogP contribution in [0, 0.1) is 0 Å². The number of pyridine rings is 1. The molecule has 5 heteroatoms. The molecule has 0 saturated carbocycles. The number of hydrogen-bond acceptors (Lipinski definition) is 5. The molecule has 3 aromatic heterocycles. The van der Waals surface area contributed by atoms with E-state index in [9.17, 15) is 0 Å². The van der Waals surface area contributed by atoms with Crippen molar-refractivity contribution in [2.24, 2.45) is 0 Å². The van der Waals surface area contributed by atoms with Crippen molar-refractivity contribution in [3.8, 4) is 11.4 Å². The Morgan fingerprint density at radius 2 is 1.95 bits per heavy atom. The molecule has 0 aliphatic rings. The zero-order valence-electron chi connectivity index (χ0n) is 13.2. The molecule has 0 aliphatic carbocycles. The summed E-state index contributed by atoms with van der Waals surface area (Å²) in [5.74, 6) is 1.79. The summed E-state index contributed by atoms with van der Waals surface area (Å²) in [6.45, 7) is 8.37. The third-order valence-corrected chi connectivity index (χ3v) is 4.93. The Kier molecular flexibility index (Phi) is 4.34. The van der Waals surface area contributed by atoms with Crippen LogP contribution in [0.5, 0.6) is 0 Å². The highest BCUT2D eigenvalue weighted by Gasteiger charge is 2.16. The first-order valence-corrected chi connectivity index (χ1v) is 8.54. The molecule has 3 rings (SSSR count). The van der Waals surface area contributed by atoms with E-state index in [1.807, 2.05) is 18.3 Å². The Labute approximate surface area is 134 Å². The van der Waals surface area contributed by atoms with Crippen LogP contribution < -0.4 is 4.90 Å². The number of aryl methyl sites for hydroxylation is 1. The summed E-state index contributed by atoms with van der Waals surface area (Å²) in [5.41, 5.74) is 0.962. The third-order valence-electron chi connectivity index (χ3n) is 3.75. The van der Waals surface area contributed by atoms with Gasteiger partial charge in [0.25, 0.3) is 0 Å². The molecule has 0 atom stereocenters. The zero-order chi connectivity index (χ0) is 15.5. The summed E-state index contributed by atoms with van der Waals surface area (Å²) >= 11 is 1.76. The first-order chi connectivity index (χ1) is 10.8. The van der Waals surface area contributed by atoms with Crippen molar-refractivity contribution in [1.29, 1.82) is 0 Å². The Balaban J connectivity index is 2.23. The minimum absolute atomic E-state index is 0.756. The summed E-state index contributed by atoms with van der Waals surface area (Å²) in [5, 5.41) is 1.16. The second-order valence-corrected chi connectivity index (χ2v) is 6.19. The number of thiophene rings is 1. The molecule has 114 valence electrons. The van der Waals surface area contributed by atoms with E-state index >= 15 is 0 Å². The minimum Gasteiger partial charge on any atom is -0.357 e. The highest BCUT2D eigenvalue weighted by atomic mass is 32.1. The Hall–Kier alpha value is -2.01. The number of hydrogen-bond donors (Lipinski definition) is 0. The third kappa shape index (κ3) is 2.68. The Bertz CT molecular complexity index is 763. The van der Waals surface area contributed by atoms with E-state index in [4.69, 9.17) is 9.97 Å². The molecule has 0 unspecified atom stereocenters. The molecule has 0 N–H and O–H groups in total. The molecule has 0 fully saturated rings. The first kappa shape index (κ1) is 14.9. The highest BCUT2D eigenvalue weighted by Crippen LogP contribution is 2.33. The van der Waals surface area contributed by atoms with Gasteiger partial charge in [-0.1, -0.05) is 6.92 Å². The molecule has 0 aliphatic heterocycles. The van der Waals surface area contributed by atoms with Gasteiger partial charge in [-0.2, -0.15) is 0 Å². The molecular weight excluding hydrogens is 292 g/mol. The molecular formula is C17H20N4S. The largest absolute Gasteiger partial charge is 0.357 e. The number of rotatable bonds is 5. The van der Waals surface area contributed by atoms with Gasteiger partial charge in [0, 0.05) is 35.9 Å². The van der Waals surface area contributed by atoms with Crippen LogP contribution in [0.25, 0.3) is 21.6 Å². The lowest BCUT2D eigenvalue weighted by Gasteiger charge is -2.21. The van der Waals surface area contributed by atoms with Gasteiger partial charge in [-0.15, -0.1) is 11.3 Å². The lowest BCUT2D eigenvalue weighted by atomic mass is 10.2. The average Bonchev–Trinajstić information content (AvgIpc) is 3.00. The van der Waals surface area contributed by atoms with Crippen molar-refractivity contribution in [3.63, 3.8) is 0 Å². The van der Waals surface area contributed by atoms with Crippen LogP contribution >= 0.6 is 11.3 Å². The van der Waals surface area contributed by atoms with E-state index in [-0.39, 0.29) is 0 Å². The first-order valence-electron chi connectivity index (χ1n) is 7.72. The summed E-state index contributed by atoms with van der Waals surface area (Å²) in [6, 6.07) is 6.17. The molecule has 0 spiro atoms. The number of fused-ring (bicyclic) bond motifs is 1. The molecule has 4 nitrogen and oxygen atoms in total. The van der Waals surface area contributed by atoms with Gasteiger partial charge in [-0.3, -0.25) is 4.98 Å². The Morgan fingerprint density at radius 3 is 2.59 bits per heavy atom. The van der Waals surface area contributed by atoms with Gasteiger partial charge < -0.3 is 4.90 Å². The van der Waals surface area contributed by atoms with Gasteiger partial charge in [0.15, 0.2) is 5.82 Å². The van der Waals surface area contributed by atoms with Crippen LogP contribution in [0.2, 0.25) is 0 Å². The second kappa shape index (κ2) is 6.40. The summed E-state index contributed by atoms with van der Waals surface area (Å²) in [6.07, 6.45) is 4.62. The maximum Gasteiger partial charge on any atom is 0.164 e. The lowest BCUT2D eigenvalue weighted by Crippen LogP contribution is -2.23. The molecule has 0 saturated heterocycles. The van der Waals surface area contributed by atoms with Crippen molar-refractivity contribution in [2.75, 3.05) is 18.0 Å². The summed E-state index contributed by atoms with van der Waals surface area (Å²) < 4.78 is 0. The highest BCUT2D eigenvalue weighted by molar-refractivity contribution is 7.18. The standard InChI is InChI=1S/C17H20N4S/c1-4-13-10-14-16(21(5-2)6-3)19-15(20-17(14)22-13)12-8-7-9-18-11-12/h7-11H,4-6H2,1-3H3. The quantitative estimate of drug-likeness (QED) is 0.709. The topological polar surface area (TPSA) is 41.9 Å². The van der Waals surface area contributed by atoms with Crippen molar-refractivity contribution in [2.45, 2.75) is 27.2 Å². The number of anilines is 1. The maximum atomic E-state index is 4.84. The molecule has 0 bridgehead atoms. The number of nitrogens with zero attached hydrogens (tertiary/aromatic N) is 4. The molecule has 3 aromatic rings.